The number of amides is 2. The number of benzene rings is 1. The minimum Gasteiger partial charge on any atom is -0.362 e. The lowest BCUT2D eigenvalue weighted by Gasteiger charge is -2.60. The van der Waals surface area contributed by atoms with Gasteiger partial charge in [0.2, 0.25) is 5.91 Å². The lowest BCUT2D eigenvalue weighted by Crippen LogP contribution is -2.70. The van der Waals surface area contributed by atoms with Gasteiger partial charge in [-0.3, -0.25) is 9.59 Å². The van der Waals surface area contributed by atoms with E-state index in [0.717, 1.165) is 44.3 Å². The Hall–Kier alpha value is -2.30. The molecule has 4 atom stereocenters. The Labute approximate surface area is 179 Å². The predicted octanol–water partition coefficient (Wildman–Crippen LogP) is 4.37. The van der Waals surface area contributed by atoms with Crippen LogP contribution in [0.4, 0.5) is 5.69 Å². The minimum absolute atomic E-state index is 0.00209. The van der Waals surface area contributed by atoms with Crippen molar-refractivity contribution in [3.8, 4) is 0 Å². The minimum atomic E-state index is -0.428. The van der Waals surface area contributed by atoms with E-state index < -0.39 is 5.66 Å². The van der Waals surface area contributed by atoms with Crippen molar-refractivity contribution in [3.63, 3.8) is 0 Å². The lowest BCUT2D eigenvalue weighted by molar-refractivity contribution is -0.139. The smallest absolute Gasteiger partial charge is 0.255 e. The molecule has 3 N–H and O–H groups in total. The van der Waals surface area contributed by atoms with Crippen LogP contribution in [-0.4, -0.2) is 24.0 Å². The highest BCUT2D eigenvalue weighted by Gasteiger charge is 2.60. The average Bonchev–Trinajstić information content (AvgIpc) is 2.74. The maximum Gasteiger partial charge on any atom is 0.255 e. The summed E-state index contributed by atoms with van der Waals surface area (Å²) in [5, 5.41) is 10.2. The fourth-order valence-corrected chi connectivity index (χ4v) is 6.45. The van der Waals surface area contributed by atoms with Gasteiger partial charge in [0.25, 0.3) is 5.91 Å². The molecule has 160 valence electrons. The Bertz CT molecular complexity index is 894. The van der Waals surface area contributed by atoms with Crippen LogP contribution in [0.1, 0.15) is 75.1 Å². The van der Waals surface area contributed by atoms with Gasteiger partial charge in [0, 0.05) is 24.1 Å². The zero-order valence-electron chi connectivity index (χ0n) is 17.9. The first-order valence-corrected chi connectivity index (χ1v) is 11.6. The summed E-state index contributed by atoms with van der Waals surface area (Å²) in [4.78, 5) is 25.9. The van der Waals surface area contributed by atoms with Gasteiger partial charge >= 0.3 is 0 Å². The molecule has 5 aliphatic rings. The van der Waals surface area contributed by atoms with Gasteiger partial charge in [-0.2, -0.15) is 0 Å². The van der Waals surface area contributed by atoms with Crippen molar-refractivity contribution >= 4 is 17.5 Å². The quantitative estimate of drug-likeness (QED) is 0.649. The molecule has 5 nitrogen and oxygen atoms in total. The number of hydrogen-bond acceptors (Lipinski definition) is 3. The molecule has 3 fully saturated rings. The fourth-order valence-electron chi connectivity index (χ4n) is 6.45. The third-order valence-electron chi connectivity index (χ3n) is 8.12. The van der Waals surface area contributed by atoms with E-state index >= 15 is 0 Å². The van der Waals surface area contributed by atoms with Gasteiger partial charge in [-0.1, -0.05) is 30.7 Å². The van der Waals surface area contributed by atoms with Gasteiger partial charge in [0.15, 0.2) is 0 Å². The second-order valence-electron chi connectivity index (χ2n) is 10.1. The maximum absolute atomic E-state index is 13.1. The number of allylic oxidation sites excluding steroid dienone is 1. The lowest BCUT2D eigenvalue weighted by atomic mass is 9.51. The predicted molar refractivity (Wildman–Crippen MR) is 118 cm³/mol. The topological polar surface area (TPSA) is 70.2 Å². The van der Waals surface area contributed by atoms with E-state index in [-0.39, 0.29) is 29.1 Å². The van der Waals surface area contributed by atoms with Crippen LogP contribution in [0.5, 0.6) is 0 Å². The number of carbonyl (C=O) groups excluding carboxylic acids is 2. The number of anilines is 1. The molecule has 1 aromatic rings. The van der Waals surface area contributed by atoms with E-state index in [2.05, 4.69) is 29.0 Å². The average molecular weight is 408 g/mol. The first-order valence-electron chi connectivity index (χ1n) is 11.6. The number of nitrogens with one attached hydrogen (secondary N) is 3. The monoisotopic (exact) mass is 407 g/mol. The van der Waals surface area contributed by atoms with Crippen molar-refractivity contribution in [2.75, 3.05) is 11.9 Å². The maximum atomic E-state index is 13.1. The first-order chi connectivity index (χ1) is 14.5. The third-order valence-corrected chi connectivity index (χ3v) is 8.12. The van der Waals surface area contributed by atoms with E-state index in [0.29, 0.717) is 5.56 Å². The number of para-hydroxylation sites is 1. The number of hydrogen-bond donors (Lipinski definition) is 3. The van der Waals surface area contributed by atoms with Gasteiger partial charge in [0.1, 0.15) is 5.66 Å². The Morgan fingerprint density at radius 3 is 2.90 bits per heavy atom. The summed E-state index contributed by atoms with van der Waals surface area (Å²) in [6.45, 7) is 2.99. The van der Waals surface area contributed by atoms with E-state index in [1.54, 1.807) is 0 Å². The molecule has 1 aliphatic heterocycles. The molecular weight excluding hydrogens is 374 g/mol. The van der Waals surface area contributed by atoms with Crippen molar-refractivity contribution in [2.45, 2.75) is 70.4 Å². The standard InChI is InChI=1S/C25H33N3O2/c1-24-13-11-18(15-20(24)23(30)26-14-12-17-7-3-2-4-8-17)25(16-24)27-21-10-6-5-9-19(21)22(29)28-25/h5-7,9-10,18,20,27H,2-4,8,11-16H2,1H3,(H,26,30)(H,28,29)/t18?,20?,24?,25-/m0/s1. The summed E-state index contributed by atoms with van der Waals surface area (Å²) in [6.07, 6.45) is 12.0. The van der Waals surface area contributed by atoms with Gasteiger partial charge in [0.05, 0.1) is 5.56 Å². The van der Waals surface area contributed by atoms with E-state index in [9.17, 15) is 9.59 Å². The number of rotatable bonds is 4. The van der Waals surface area contributed by atoms with Crippen LogP contribution in [0.2, 0.25) is 0 Å². The van der Waals surface area contributed by atoms with Gasteiger partial charge in [-0.05, 0) is 75.3 Å². The van der Waals surface area contributed by atoms with E-state index in [4.69, 9.17) is 0 Å². The molecule has 3 unspecified atom stereocenters. The van der Waals surface area contributed by atoms with Crippen molar-refractivity contribution in [1.29, 1.82) is 0 Å². The Balaban J connectivity index is 1.27. The molecule has 1 heterocycles. The summed E-state index contributed by atoms with van der Waals surface area (Å²) in [7, 11) is 0. The summed E-state index contributed by atoms with van der Waals surface area (Å²) in [5.41, 5.74) is 2.60. The molecular formula is C25H33N3O2. The second-order valence-corrected chi connectivity index (χ2v) is 10.1. The second kappa shape index (κ2) is 7.44. The summed E-state index contributed by atoms with van der Waals surface area (Å²) < 4.78 is 0. The Morgan fingerprint density at radius 2 is 2.10 bits per heavy atom. The van der Waals surface area contributed by atoms with E-state index in [1.165, 1.54) is 31.3 Å². The third kappa shape index (κ3) is 3.32. The normalized spacial score (nSPS) is 34.6. The molecule has 30 heavy (non-hydrogen) atoms. The SMILES string of the molecule is CC12CCC(CC1C(=O)NCCC1=CCCCC1)[C@]1(C2)NC(=O)c2ccccc2N1. The highest BCUT2D eigenvalue weighted by atomic mass is 16.2. The largest absolute Gasteiger partial charge is 0.362 e. The summed E-state index contributed by atoms with van der Waals surface area (Å²) in [5.74, 6) is 0.504. The molecule has 4 aliphatic carbocycles. The van der Waals surface area contributed by atoms with Crippen molar-refractivity contribution in [3.05, 3.63) is 41.5 Å². The molecule has 2 amide bonds. The number of carbonyl (C=O) groups is 2. The van der Waals surface area contributed by atoms with E-state index in [1.807, 2.05) is 24.3 Å². The zero-order valence-corrected chi connectivity index (χ0v) is 17.9. The Kier molecular flexibility index (Phi) is 4.87. The van der Waals surface area contributed by atoms with Crippen molar-refractivity contribution < 1.29 is 9.59 Å². The van der Waals surface area contributed by atoms with Crippen LogP contribution >= 0.6 is 0 Å². The highest BCUT2D eigenvalue weighted by molar-refractivity contribution is 6.02. The van der Waals surface area contributed by atoms with Crippen LogP contribution in [0.3, 0.4) is 0 Å². The molecule has 0 radical (unpaired) electrons. The molecule has 1 spiro atoms. The first kappa shape index (κ1) is 19.7. The zero-order chi connectivity index (χ0) is 20.8. The molecule has 0 aromatic heterocycles. The van der Waals surface area contributed by atoms with Crippen LogP contribution in [0, 0.1) is 17.3 Å². The summed E-state index contributed by atoms with van der Waals surface area (Å²) in [6, 6.07) is 7.73. The number of fused-ring (bicyclic) bond motifs is 3. The van der Waals surface area contributed by atoms with Crippen molar-refractivity contribution in [2.24, 2.45) is 17.3 Å². The molecule has 1 aromatic carbocycles. The van der Waals surface area contributed by atoms with Crippen molar-refractivity contribution in [1.82, 2.24) is 10.6 Å². The van der Waals surface area contributed by atoms with Crippen LogP contribution < -0.4 is 16.0 Å². The molecule has 3 saturated carbocycles. The molecule has 6 rings (SSSR count). The fraction of sp³-hybridized carbons (Fsp3) is 0.600. The van der Waals surface area contributed by atoms with Crippen LogP contribution in [-0.2, 0) is 4.79 Å². The molecule has 0 saturated heterocycles. The summed E-state index contributed by atoms with van der Waals surface area (Å²) >= 11 is 0. The van der Waals surface area contributed by atoms with Gasteiger partial charge in [-0.15, -0.1) is 0 Å². The van der Waals surface area contributed by atoms with Gasteiger partial charge in [-0.25, -0.2) is 0 Å². The molecule has 2 bridgehead atoms. The molecule has 5 heteroatoms. The van der Waals surface area contributed by atoms with Crippen LogP contribution in [0.15, 0.2) is 35.9 Å². The van der Waals surface area contributed by atoms with Crippen LogP contribution in [0.25, 0.3) is 0 Å². The van der Waals surface area contributed by atoms with Gasteiger partial charge < -0.3 is 16.0 Å². The highest BCUT2D eigenvalue weighted by Crippen LogP contribution is 2.58. The Morgan fingerprint density at radius 1 is 1.23 bits per heavy atom.